The first-order chi connectivity index (χ1) is 21.6. The van der Waals surface area contributed by atoms with Crippen LogP contribution in [0.1, 0.15) is 104 Å². The van der Waals surface area contributed by atoms with Crippen molar-refractivity contribution in [2.45, 2.75) is 122 Å². The standard InChI is InChI=1S/C40H60N2O3/c1-26-21-36-38(42(25-26)20-19-41(5)37(44)14-11-29-9-7-6-8-10-29)28(3)40(45-36)18-16-32-33-13-12-30-22-31(43)15-17-39(30,4)35(33)23-34(32)27(2)24-40/h6-10,26-28,30,32-36,38H,11-25H2,1-5H3/t26-,27?,28+,30+,32-,33-,34-,35-,36+,38-,39-,40-/m0/s1. The van der Waals surface area contributed by atoms with E-state index in [9.17, 15) is 9.59 Å². The number of aryl methyl sites for hydroxylation is 1. The van der Waals surface area contributed by atoms with Gasteiger partial charge in [-0.25, -0.2) is 0 Å². The number of rotatable bonds is 6. The molecular formula is C40H60N2O3. The fourth-order valence-corrected chi connectivity index (χ4v) is 12.4. The molecule has 0 bridgehead atoms. The van der Waals surface area contributed by atoms with Gasteiger partial charge < -0.3 is 9.64 Å². The van der Waals surface area contributed by atoms with Gasteiger partial charge in [-0.2, -0.15) is 0 Å². The quantitative estimate of drug-likeness (QED) is 0.334. The minimum Gasteiger partial charge on any atom is -0.370 e. The molecule has 1 aromatic carbocycles. The van der Waals surface area contributed by atoms with E-state index in [-0.39, 0.29) is 11.5 Å². The van der Waals surface area contributed by atoms with Crippen molar-refractivity contribution >= 4 is 11.7 Å². The molecule has 5 heteroatoms. The molecule has 45 heavy (non-hydrogen) atoms. The Morgan fingerprint density at radius 3 is 2.62 bits per heavy atom. The number of ketones is 1. The third-order valence-electron chi connectivity index (χ3n) is 14.8. The molecule has 0 radical (unpaired) electrons. The van der Waals surface area contributed by atoms with E-state index >= 15 is 0 Å². The lowest BCUT2D eigenvalue weighted by Crippen LogP contribution is -2.53. The highest BCUT2D eigenvalue weighted by molar-refractivity contribution is 5.79. The molecule has 2 aliphatic heterocycles. The number of likely N-dealkylation sites (N-methyl/N-ethyl adjacent to an activating group) is 1. The maximum atomic E-state index is 13.0. The monoisotopic (exact) mass is 616 g/mol. The second kappa shape index (κ2) is 12.4. The Hall–Kier alpha value is -1.72. The van der Waals surface area contributed by atoms with Gasteiger partial charge in [0.15, 0.2) is 0 Å². The molecule has 1 unspecified atom stereocenters. The van der Waals surface area contributed by atoms with Gasteiger partial charge in [0.05, 0.1) is 11.7 Å². The normalized spacial score (nSPS) is 44.5. The molecular weight excluding hydrogens is 556 g/mol. The summed E-state index contributed by atoms with van der Waals surface area (Å²) in [6, 6.07) is 10.8. The van der Waals surface area contributed by atoms with Gasteiger partial charge in [-0.15, -0.1) is 0 Å². The molecule has 1 aromatic rings. The Balaban J connectivity index is 1.01. The number of piperidine rings is 1. The predicted octanol–water partition coefficient (Wildman–Crippen LogP) is 7.42. The van der Waals surface area contributed by atoms with Crippen molar-refractivity contribution in [1.82, 2.24) is 9.80 Å². The molecule has 2 saturated heterocycles. The molecule has 7 rings (SSSR count). The summed E-state index contributed by atoms with van der Waals surface area (Å²) in [6.45, 7) is 12.9. The number of benzene rings is 1. The molecule has 0 aromatic heterocycles. The first kappa shape index (κ1) is 31.9. The molecule has 248 valence electrons. The lowest BCUT2D eigenvalue weighted by atomic mass is 9.52. The summed E-state index contributed by atoms with van der Waals surface area (Å²) in [5.41, 5.74) is 1.62. The van der Waals surface area contributed by atoms with E-state index in [4.69, 9.17) is 4.74 Å². The van der Waals surface area contributed by atoms with Crippen LogP contribution >= 0.6 is 0 Å². The Kier molecular flexibility index (Phi) is 8.77. The minimum absolute atomic E-state index is 0.00728. The first-order valence-corrected chi connectivity index (χ1v) is 18.8. The van der Waals surface area contributed by atoms with Crippen molar-refractivity contribution in [3.8, 4) is 0 Å². The fourth-order valence-electron chi connectivity index (χ4n) is 12.4. The Bertz CT molecular complexity index is 1240. The van der Waals surface area contributed by atoms with Crippen molar-refractivity contribution in [2.75, 3.05) is 26.7 Å². The van der Waals surface area contributed by atoms with E-state index in [0.717, 1.165) is 69.0 Å². The van der Waals surface area contributed by atoms with Crippen LogP contribution in [-0.4, -0.2) is 65.9 Å². The number of Topliss-reactive ketones (excluding diaryl/α,β-unsaturated/α-hetero) is 1. The van der Waals surface area contributed by atoms with Crippen molar-refractivity contribution < 1.29 is 14.3 Å². The smallest absolute Gasteiger partial charge is 0.222 e. The fraction of sp³-hybridized carbons (Fsp3) is 0.800. The van der Waals surface area contributed by atoms with Crippen molar-refractivity contribution in [2.24, 2.45) is 52.8 Å². The van der Waals surface area contributed by atoms with E-state index < -0.39 is 0 Å². The molecule has 4 saturated carbocycles. The third-order valence-corrected chi connectivity index (χ3v) is 14.8. The van der Waals surface area contributed by atoms with E-state index in [0.29, 0.717) is 53.4 Å². The van der Waals surface area contributed by atoms with Gasteiger partial charge in [0, 0.05) is 57.9 Å². The van der Waals surface area contributed by atoms with E-state index in [1.54, 1.807) is 0 Å². The Labute approximate surface area is 273 Å². The average Bonchev–Trinajstić information content (AvgIpc) is 3.49. The molecule has 12 atom stereocenters. The summed E-state index contributed by atoms with van der Waals surface area (Å²) >= 11 is 0. The number of carbonyl (C=O) groups is 2. The predicted molar refractivity (Wildman–Crippen MR) is 180 cm³/mol. The van der Waals surface area contributed by atoms with Gasteiger partial charge in [0.25, 0.3) is 0 Å². The van der Waals surface area contributed by atoms with Crippen molar-refractivity contribution in [1.29, 1.82) is 0 Å². The van der Waals surface area contributed by atoms with Crippen LogP contribution < -0.4 is 0 Å². The number of ether oxygens (including phenoxy) is 1. The highest BCUT2D eigenvalue weighted by Crippen LogP contribution is 2.66. The number of nitrogens with zero attached hydrogens (tertiary/aromatic N) is 2. The summed E-state index contributed by atoms with van der Waals surface area (Å²) in [5.74, 6) is 6.57. The van der Waals surface area contributed by atoms with Crippen LogP contribution in [0, 0.1) is 52.8 Å². The van der Waals surface area contributed by atoms with Crippen molar-refractivity contribution in [3.05, 3.63) is 35.9 Å². The van der Waals surface area contributed by atoms with Crippen LogP contribution in [0.15, 0.2) is 30.3 Å². The zero-order chi connectivity index (χ0) is 31.5. The van der Waals surface area contributed by atoms with Gasteiger partial charge in [0.1, 0.15) is 5.78 Å². The highest BCUT2D eigenvalue weighted by atomic mass is 16.5. The summed E-state index contributed by atoms with van der Waals surface area (Å²) in [6.07, 6.45) is 13.5. The van der Waals surface area contributed by atoms with Gasteiger partial charge in [0.2, 0.25) is 5.91 Å². The highest BCUT2D eigenvalue weighted by Gasteiger charge is 2.62. The first-order valence-electron chi connectivity index (χ1n) is 18.8. The lowest BCUT2D eigenvalue weighted by Gasteiger charge is -2.52. The Morgan fingerprint density at radius 1 is 1.02 bits per heavy atom. The zero-order valence-electron chi connectivity index (χ0n) is 28.9. The average molecular weight is 617 g/mol. The van der Waals surface area contributed by atoms with Gasteiger partial charge in [-0.1, -0.05) is 58.0 Å². The van der Waals surface area contributed by atoms with Crippen LogP contribution in [-0.2, 0) is 20.7 Å². The number of carbonyl (C=O) groups excluding carboxylic acids is 2. The Morgan fingerprint density at radius 2 is 1.82 bits per heavy atom. The van der Waals surface area contributed by atoms with Crippen LogP contribution in [0.5, 0.6) is 0 Å². The summed E-state index contributed by atoms with van der Waals surface area (Å²) in [7, 11) is 1.99. The van der Waals surface area contributed by atoms with E-state index in [1.807, 2.05) is 18.0 Å². The van der Waals surface area contributed by atoms with E-state index in [2.05, 4.69) is 56.9 Å². The maximum Gasteiger partial charge on any atom is 0.222 e. The number of hydrogen-bond donors (Lipinski definition) is 0. The van der Waals surface area contributed by atoms with Crippen molar-refractivity contribution in [3.63, 3.8) is 0 Å². The maximum absolute atomic E-state index is 13.0. The second-order valence-corrected chi connectivity index (χ2v) is 17.2. The second-order valence-electron chi connectivity index (χ2n) is 17.2. The van der Waals surface area contributed by atoms with Crippen LogP contribution in [0.4, 0.5) is 0 Å². The van der Waals surface area contributed by atoms with Gasteiger partial charge in [-0.3, -0.25) is 14.5 Å². The van der Waals surface area contributed by atoms with Gasteiger partial charge >= 0.3 is 0 Å². The van der Waals surface area contributed by atoms with Crippen LogP contribution in [0.2, 0.25) is 0 Å². The molecule has 1 spiro atoms. The molecule has 6 aliphatic rings. The van der Waals surface area contributed by atoms with Gasteiger partial charge in [-0.05, 0) is 110 Å². The third kappa shape index (κ3) is 5.74. The summed E-state index contributed by atoms with van der Waals surface area (Å²) in [5, 5.41) is 0. The SMILES string of the molecule is CC1C[C@]2(CC[C@H]3[C@@H]4CC[C@@H]5CC(=O)CC[C@]5(C)[C@H]4C[C@@H]13)O[C@@H]1C[C@H](C)CN(CCN(C)C(=O)CCc3ccccc3)[C@H]1[C@H]2C. The number of amides is 1. The van der Waals surface area contributed by atoms with Crippen LogP contribution in [0.3, 0.4) is 0 Å². The van der Waals surface area contributed by atoms with E-state index in [1.165, 1.54) is 50.5 Å². The summed E-state index contributed by atoms with van der Waals surface area (Å²) < 4.78 is 7.36. The largest absolute Gasteiger partial charge is 0.370 e. The molecule has 4 aliphatic carbocycles. The lowest BCUT2D eigenvalue weighted by molar-refractivity contribution is -0.131. The summed E-state index contributed by atoms with van der Waals surface area (Å²) in [4.78, 5) is 30.1. The number of hydrogen-bond acceptors (Lipinski definition) is 4. The topological polar surface area (TPSA) is 49.9 Å². The molecule has 0 N–H and O–H groups in total. The molecule has 1 amide bonds. The number of fused-ring (bicyclic) bond motifs is 6. The molecule has 2 heterocycles. The van der Waals surface area contributed by atoms with Crippen LogP contribution in [0.25, 0.3) is 0 Å². The minimum atomic E-state index is -0.00728. The zero-order valence-corrected chi connectivity index (χ0v) is 28.9. The molecule has 5 nitrogen and oxygen atoms in total. The molecule has 6 fully saturated rings. The number of likely N-dealkylation sites (tertiary alicyclic amines) is 1.